The lowest BCUT2D eigenvalue weighted by Gasteiger charge is -2.22. The van der Waals surface area contributed by atoms with Crippen LogP contribution in [-0.2, 0) is 4.74 Å². The Morgan fingerprint density at radius 3 is 2.52 bits per heavy atom. The number of fused-ring (bicyclic) bond motifs is 1. The van der Waals surface area contributed by atoms with E-state index in [9.17, 15) is 9.59 Å². The number of rotatable bonds is 4. The molecule has 1 heterocycles. The molecule has 0 saturated carbocycles. The average molecular weight is 321 g/mol. The van der Waals surface area contributed by atoms with E-state index in [0.29, 0.717) is 30.3 Å². The molecule has 2 rings (SSSR count). The predicted molar refractivity (Wildman–Crippen MR) is 85.2 cm³/mol. The van der Waals surface area contributed by atoms with E-state index in [2.05, 4.69) is 5.32 Å². The number of hydrogen-bond donors (Lipinski definition) is 1. The van der Waals surface area contributed by atoms with E-state index < -0.39 is 11.7 Å². The van der Waals surface area contributed by atoms with Crippen LogP contribution in [0, 0.1) is 0 Å². The molecule has 1 aliphatic rings. The van der Waals surface area contributed by atoms with Crippen molar-refractivity contribution in [1.82, 2.24) is 5.32 Å². The SMILES string of the molecule is CC(CC(=O)c1ccc2c(c1)OCCO2)NC(=O)OC(C)(C)C. The largest absolute Gasteiger partial charge is 0.486 e. The second kappa shape index (κ2) is 6.89. The van der Waals surface area contributed by atoms with Crippen LogP contribution >= 0.6 is 0 Å². The number of ether oxygens (including phenoxy) is 3. The Kier molecular flexibility index (Phi) is 5.13. The van der Waals surface area contributed by atoms with Gasteiger partial charge in [-0.2, -0.15) is 0 Å². The van der Waals surface area contributed by atoms with Crippen molar-refractivity contribution in [2.24, 2.45) is 0 Å². The number of amides is 1. The molecular formula is C17H23NO5. The molecular weight excluding hydrogens is 298 g/mol. The van der Waals surface area contributed by atoms with Crippen molar-refractivity contribution in [3.8, 4) is 11.5 Å². The number of hydrogen-bond acceptors (Lipinski definition) is 5. The van der Waals surface area contributed by atoms with Crippen molar-refractivity contribution in [3.05, 3.63) is 23.8 Å². The fourth-order valence-corrected chi connectivity index (χ4v) is 2.17. The summed E-state index contributed by atoms with van der Waals surface area (Å²) in [5.41, 5.74) is -0.0315. The molecule has 6 heteroatoms. The third-order valence-corrected chi connectivity index (χ3v) is 3.12. The highest BCUT2D eigenvalue weighted by atomic mass is 16.6. The summed E-state index contributed by atoms with van der Waals surface area (Å²) in [7, 11) is 0. The first-order chi connectivity index (χ1) is 10.7. The topological polar surface area (TPSA) is 73.9 Å². The fraction of sp³-hybridized carbons (Fsp3) is 0.529. The van der Waals surface area contributed by atoms with Crippen molar-refractivity contribution in [2.75, 3.05) is 13.2 Å². The quantitative estimate of drug-likeness (QED) is 0.863. The van der Waals surface area contributed by atoms with Gasteiger partial charge in [-0.05, 0) is 45.9 Å². The smallest absolute Gasteiger partial charge is 0.407 e. The molecule has 1 N–H and O–H groups in total. The molecule has 1 unspecified atom stereocenters. The maximum absolute atomic E-state index is 12.3. The summed E-state index contributed by atoms with van der Waals surface area (Å²) in [6.07, 6.45) is -0.348. The molecule has 0 bridgehead atoms. The average Bonchev–Trinajstić information content (AvgIpc) is 2.44. The molecule has 0 aromatic heterocycles. The molecule has 1 aromatic rings. The lowest BCUT2D eigenvalue weighted by Crippen LogP contribution is -2.38. The van der Waals surface area contributed by atoms with E-state index in [1.165, 1.54) is 0 Å². The minimum Gasteiger partial charge on any atom is -0.486 e. The highest BCUT2D eigenvalue weighted by Crippen LogP contribution is 2.31. The van der Waals surface area contributed by atoms with E-state index in [-0.39, 0.29) is 18.2 Å². The molecule has 1 aromatic carbocycles. The second-order valence-electron chi connectivity index (χ2n) is 6.53. The zero-order valence-corrected chi connectivity index (χ0v) is 14.0. The van der Waals surface area contributed by atoms with Gasteiger partial charge in [0.15, 0.2) is 17.3 Å². The first kappa shape index (κ1) is 17.1. The van der Waals surface area contributed by atoms with Crippen LogP contribution in [0.15, 0.2) is 18.2 Å². The summed E-state index contributed by atoms with van der Waals surface area (Å²) < 4.78 is 16.1. The lowest BCUT2D eigenvalue weighted by atomic mass is 10.0. The molecule has 6 nitrogen and oxygen atoms in total. The van der Waals surface area contributed by atoms with Gasteiger partial charge in [0.2, 0.25) is 0 Å². The van der Waals surface area contributed by atoms with E-state index in [1.807, 2.05) is 0 Å². The Labute approximate surface area is 136 Å². The zero-order valence-electron chi connectivity index (χ0n) is 14.0. The normalized spacial score (nSPS) is 14.8. The summed E-state index contributed by atoms with van der Waals surface area (Å²) >= 11 is 0. The van der Waals surface area contributed by atoms with Gasteiger partial charge in [-0.1, -0.05) is 0 Å². The first-order valence-corrected chi connectivity index (χ1v) is 7.67. The monoisotopic (exact) mass is 321 g/mol. The molecule has 23 heavy (non-hydrogen) atoms. The van der Waals surface area contributed by atoms with Crippen molar-refractivity contribution in [2.45, 2.75) is 45.8 Å². The van der Waals surface area contributed by atoms with Crippen molar-refractivity contribution in [1.29, 1.82) is 0 Å². The Bertz CT molecular complexity index is 591. The Hall–Kier alpha value is -2.24. The van der Waals surface area contributed by atoms with E-state index in [0.717, 1.165) is 0 Å². The Balaban J connectivity index is 1.92. The van der Waals surface area contributed by atoms with Gasteiger partial charge in [0.1, 0.15) is 18.8 Å². The highest BCUT2D eigenvalue weighted by molar-refractivity contribution is 5.97. The van der Waals surface area contributed by atoms with Crippen LogP contribution in [0.5, 0.6) is 11.5 Å². The van der Waals surface area contributed by atoms with Gasteiger partial charge >= 0.3 is 6.09 Å². The van der Waals surface area contributed by atoms with Crippen LogP contribution in [0.25, 0.3) is 0 Å². The van der Waals surface area contributed by atoms with E-state index >= 15 is 0 Å². The summed E-state index contributed by atoms with van der Waals surface area (Å²) in [6, 6.07) is 4.78. The molecule has 126 valence electrons. The molecule has 0 aliphatic carbocycles. The van der Waals surface area contributed by atoms with Gasteiger partial charge in [0.05, 0.1) is 0 Å². The number of Topliss-reactive ketones (excluding diaryl/α,β-unsaturated/α-hetero) is 1. The number of benzene rings is 1. The van der Waals surface area contributed by atoms with Crippen LogP contribution in [0.4, 0.5) is 4.79 Å². The number of carbonyl (C=O) groups is 2. The highest BCUT2D eigenvalue weighted by Gasteiger charge is 2.20. The molecule has 0 saturated heterocycles. The number of alkyl carbamates (subject to hydrolysis) is 1. The van der Waals surface area contributed by atoms with Crippen molar-refractivity contribution < 1.29 is 23.8 Å². The van der Waals surface area contributed by atoms with Gasteiger partial charge in [-0.3, -0.25) is 4.79 Å². The summed E-state index contributed by atoms with van der Waals surface area (Å²) in [5.74, 6) is 1.15. The molecule has 0 spiro atoms. The first-order valence-electron chi connectivity index (χ1n) is 7.67. The van der Waals surface area contributed by atoms with Crippen LogP contribution in [0.2, 0.25) is 0 Å². The van der Waals surface area contributed by atoms with Gasteiger partial charge in [0.25, 0.3) is 0 Å². The Morgan fingerprint density at radius 1 is 1.22 bits per heavy atom. The summed E-state index contributed by atoms with van der Waals surface area (Å²) in [6.45, 7) is 8.12. The van der Waals surface area contributed by atoms with E-state index in [1.54, 1.807) is 45.9 Å². The number of nitrogens with one attached hydrogen (secondary N) is 1. The molecule has 0 fully saturated rings. The fourth-order valence-electron chi connectivity index (χ4n) is 2.17. The van der Waals surface area contributed by atoms with E-state index in [4.69, 9.17) is 14.2 Å². The number of carbonyl (C=O) groups excluding carboxylic acids is 2. The third-order valence-electron chi connectivity index (χ3n) is 3.12. The van der Waals surface area contributed by atoms with Gasteiger partial charge < -0.3 is 19.5 Å². The zero-order chi connectivity index (χ0) is 17.0. The summed E-state index contributed by atoms with van der Waals surface area (Å²) in [5, 5.41) is 2.66. The minimum atomic E-state index is -0.566. The van der Waals surface area contributed by atoms with Crippen LogP contribution < -0.4 is 14.8 Å². The Morgan fingerprint density at radius 2 is 1.87 bits per heavy atom. The minimum absolute atomic E-state index is 0.0782. The van der Waals surface area contributed by atoms with Crippen LogP contribution in [-0.4, -0.2) is 36.7 Å². The molecule has 0 radical (unpaired) electrons. The lowest BCUT2D eigenvalue weighted by molar-refractivity contribution is 0.0506. The maximum Gasteiger partial charge on any atom is 0.407 e. The summed E-state index contributed by atoms with van der Waals surface area (Å²) in [4.78, 5) is 24.0. The second-order valence-corrected chi connectivity index (χ2v) is 6.53. The third kappa shape index (κ3) is 5.16. The van der Waals surface area contributed by atoms with Gasteiger partial charge in [-0.15, -0.1) is 0 Å². The molecule has 1 amide bonds. The van der Waals surface area contributed by atoms with Crippen LogP contribution in [0.3, 0.4) is 0 Å². The molecule has 1 atom stereocenters. The standard InChI is InChI=1S/C17H23NO5/c1-11(18-16(20)23-17(2,3)4)9-13(19)12-5-6-14-15(10-12)22-8-7-21-14/h5-6,10-11H,7-9H2,1-4H3,(H,18,20). The maximum atomic E-state index is 12.3. The predicted octanol–water partition coefficient (Wildman–Crippen LogP) is 2.94. The van der Waals surface area contributed by atoms with Crippen molar-refractivity contribution in [3.63, 3.8) is 0 Å². The number of ketones is 1. The van der Waals surface area contributed by atoms with Crippen molar-refractivity contribution >= 4 is 11.9 Å². The van der Waals surface area contributed by atoms with Gasteiger partial charge in [-0.25, -0.2) is 4.79 Å². The van der Waals surface area contributed by atoms with Gasteiger partial charge in [0, 0.05) is 18.0 Å². The van der Waals surface area contributed by atoms with Crippen LogP contribution in [0.1, 0.15) is 44.5 Å². The molecule has 1 aliphatic heterocycles.